The van der Waals surface area contributed by atoms with Gasteiger partial charge in [-0.25, -0.2) is 8.42 Å². The Morgan fingerprint density at radius 1 is 1.03 bits per heavy atom. The van der Waals surface area contributed by atoms with E-state index in [0.29, 0.717) is 18.8 Å². The fourth-order valence-electron chi connectivity index (χ4n) is 4.09. The zero-order chi connectivity index (χ0) is 21.4. The number of thiophene rings is 1. The van der Waals surface area contributed by atoms with Crippen LogP contribution in [0.2, 0.25) is 0 Å². The van der Waals surface area contributed by atoms with Crippen molar-refractivity contribution in [1.82, 2.24) is 8.87 Å². The van der Waals surface area contributed by atoms with E-state index in [4.69, 9.17) is 0 Å². The fraction of sp³-hybridized carbons (Fsp3) is 0.318. The molecule has 9 heteroatoms. The molecule has 31 heavy (non-hydrogen) atoms. The van der Waals surface area contributed by atoms with Crippen LogP contribution in [-0.2, 0) is 22.2 Å². The van der Waals surface area contributed by atoms with Gasteiger partial charge >= 0.3 is 0 Å². The summed E-state index contributed by atoms with van der Waals surface area (Å²) in [6, 6.07) is 10.4. The molecule has 0 spiro atoms. The highest BCUT2D eigenvalue weighted by Gasteiger charge is 2.28. The van der Waals surface area contributed by atoms with E-state index < -0.39 is 10.0 Å². The van der Waals surface area contributed by atoms with Crippen LogP contribution in [0.5, 0.6) is 0 Å². The van der Waals surface area contributed by atoms with Crippen LogP contribution in [0.25, 0.3) is 5.00 Å². The minimum Gasteiger partial charge on any atom is -0.322 e. The summed E-state index contributed by atoms with van der Waals surface area (Å²) in [6.07, 6.45) is 6.60. The van der Waals surface area contributed by atoms with Crippen LogP contribution < -0.4 is 5.32 Å². The topological polar surface area (TPSA) is 71.4 Å². The van der Waals surface area contributed by atoms with Gasteiger partial charge in [0, 0.05) is 41.8 Å². The summed E-state index contributed by atoms with van der Waals surface area (Å²) >= 11 is 3.57. The molecule has 0 unspecified atom stereocenters. The molecular weight excluding hydrogens is 450 g/mol. The van der Waals surface area contributed by atoms with Gasteiger partial charge in [0.15, 0.2) is 0 Å². The van der Waals surface area contributed by atoms with Gasteiger partial charge in [-0.05, 0) is 67.0 Å². The molecular formula is C22H23N3O3S3. The highest BCUT2D eigenvalue weighted by atomic mass is 32.2. The minimum absolute atomic E-state index is 0.150. The molecule has 5 rings (SSSR count). The van der Waals surface area contributed by atoms with Crippen LogP contribution >= 0.6 is 23.1 Å². The number of thioether (sulfide) groups is 1. The Morgan fingerprint density at radius 2 is 1.74 bits per heavy atom. The standard InChI is InChI=1S/C22H23N3O3S3/c26-21(20-18-9-14-29-15-19(18)30-22(20)24-10-1-2-11-24)23-16-5-7-17(8-6-16)31(27,28)25-12-3-4-13-25/h1-2,5-8,10-11H,3-4,9,12-15H2,(H,23,26). The fourth-order valence-corrected chi connectivity index (χ4v) is 8.05. The summed E-state index contributed by atoms with van der Waals surface area (Å²) in [5.41, 5.74) is 2.46. The van der Waals surface area contributed by atoms with Crippen molar-refractivity contribution in [3.05, 3.63) is 64.8 Å². The van der Waals surface area contributed by atoms with Gasteiger partial charge in [-0.3, -0.25) is 4.79 Å². The van der Waals surface area contributed by atoms with Gasteiger partial charge in [-0.15, -0.1) is 11.3 Å². The zero-order valence-electron chi connectivity index (χ0n) is 16.9. The van der Waals surface area contributed by atoms with E-state index in [-0.39, 0.29) is 10.8 Å². The number of nitrogens with one attached hydrogen (secondary N) is 1. The van der Waals surface area contributed by atoms with Crippen LogP contribution in [0.3, 0.4) is 0 Å². The predicted octanol–water partition coefficient (Wildman–Crippen LogP) is 4.36. The maximum absolute atomic E-state index is 13.3. The molecule has 2 aliphatic rings. The van der Waals surface area contributed by atoms with Crippen molar-refractivity contribution in [3.63, 3.8) is 0 Å². The van der Waals surface area contributed by atoms with Crippen LogP contribution in [0.4, 0.5) is 5.69 Å². The van der Waals surface area contributed by atoms with Crippen LogP contribution in [-0.4, -0.2) is 42.0 Å². The summed E-state index contributed by atoms with van der Waals surface area (Å²) in [5, 5.41) is 3.92. The molecule has 0 radical (unpaired) electrons. The molecule has 1 N–H and O–H groups in total. The summed E-state index contributed by atoms with van der Waals surface area (Å²) in [5.74, 6) is 1.80. The maximum Gasteiger partial charge on any atom is 0.258 e. The molecule has 1 saturated heterocycles. The molecule has 2 aromatic heterocycles. The number of carbonyl (C=O) groups excluding carboxylic acids is 1. The van der Waals surface area contributed by atoms with Crippen molar-refractivity contribution < 1.29 is 13.2 Å². The number of fused-ring (bicyclic) bond motifs is 1. The SMILES string of the molecule is O=C(Nc1ccc(S(=O)(=O)N2CCCC2)cc1)c1c(-n2cccc2)sc2c1CCSC2. The molecule has 0 bridgehead atoms. The number of carbonyl (C=O) groups is 1. The zero-order valence-corrected chi connectivity index (χ0v) is 19.4. The third kappa shape index (κ3) is 3.95. The van der Waals surface area contributed by atoms with E-state index in [1.54, 1.807) is 35.6 Å². The first-order chi connectivity index (χ1) is 15.0. The number of amides is 1. The third-order valence-electron chi connectivity index (χ3n) is 5.68. The van der Waals surface area contributed by atoms with Crippen molar-refractivity contribution >= 4 is 44.7 Å². The van der Waals surface area contributed by atoms with Crippen LogP contribution in [0.15, 0.2) is 53.7 Å². The Bertz CT molecular complexity index is 1190. The smallest absolute Gasteiger partial charge is 0.258 e. The molecule has 1 fully saturated rings. The summed E-state index contributed by atoms with van der Waals surface area (Å²) in [6.45, 7) is 1.15. The van der Waals surface area contributed by atoms with Gasteiger partial charge in [-0.2, -0.15) is 16.1 Å². The average molecular weight is 474 g/mol. The lowest BCUT2D eigenvalue weighted by atomic mass is 10.1. The molecule has 4 heterocycles. The van der Waals surface area contributed by atoms with E-state index in [1.807, 2.05) is 40.9 Å². The maximum atomic E-state index is 13.3. The first-order valence-corrected chi connectivity index (χ1v) is 13.7. The Hall–Kier alpha value is -2.07. The molecule has 0 saturated carbocycles. The Balaban J connectivity index is 1.41. The van der Waals surface area contributed by atoms with Crippen molar-refractivity contribution in [2.24, 2.45) is 0 Å². The third-order valence-corrected chi connectivity index (χ3v) is 10.0. The summed E-state index contributed by atoms with van der Waals surface area (Å²) in [4.78, 5) is 14.8. The predicted molar refractivity (Wildman–Crippen MR) is 126 cm³/mol. The second-order valence-corrected chi connectivity index (χ2v) is 11.8. The van der Waals surface area contributed by atoms with Gasteiger partial charge in [0.2, 0.25) is 10.0 Å². The van der Waals surface area contributed by atoms with E-state index in [1.165, 1.54) is 9.18 Å². The lowest BCUT2D eigenvalue weighted by Gasteiger charge is -2.16. The average Bonchev–Trinajstić information content (AvgIpc) is 3.54. The quantitative estimate of drug-likeness (QED) is 0.598. The lowest BCUT2D eigenvalue weighted by Crippen LogP contribution is -2.27. The monoisotopic (exact) mass is 473 g/mol. The second-order valence-electron chi connectivity index (χ2n) is 7.67. The van der Waals surface area contributed by atoms with E-state index in [9.17, 15) is 13.2 Å². The number of benzene rings is 1. The highest BCUT2D eigenvalue weighted by Crippen LogP contribution is 2.38. The van der Waals surface area contributed by atoms with Gasteiger partial charge in [0.1, 0.15) is 5.00 Å². The van der Waals surface area contributed by atoms with Gasteiger partial charge in [-0.1, -0.05) is 0 Å². The normalized spacial score (nSPS) is 16.9. The second kappa shape index (κ2) is 8.46. The number of anilines is 1. The van der Waals surface area contributed by atoms with Crippen molar-refractivity contribution in [2.75, 3.05) is 24.2 Å². The lowest BCUT2D eigenvalue weighted by molar-refractivity contribution is 0.102. The first kappa shape index (κ1) is 20.8. The molecule has 162 valence electrons. The Morgan fingerprint density at radius 3 is 2.45 bits per heavy atom. The minimum atomic E-state index is -3.46. The van der Waals surface area contributed by atoms with Gasteiger partial charge < -0.3 is 9.88 Å². The van der Waals surface area contributed by atoms with E-state index in [0.717, 1.165) is 46.9 Å². The number of hydrogen-bond acceptors (Lipinski definition) is 5. The number of aromatic nitrogens is 1. The molecule has 1 aromatic carbocycles. The largest absolute Gasteiger partial charge is 0.322 e. The number of sulfonamides is 1. The van der Waals surface area contributed by atoms with Crippen LogP contribution in [0.1, 0.15) is 33.6 Å². The molecule has 2 aliphatic heterocycles. The van der Waals surface area contributed by atoms with Crippen LogP contribution in [0, 0.1) is 0 Å². The molecule has 1 amide bonds. The Kier molecular flexibility index (Phi) is 5.68. The highest BCUT2D eigenvalue weighted by molar-refractivity contribution is 7.98. The molecule has 0 aliphatic carbocycles. The van der Waals surface area contributed by atoms with Crippen molar-refractivity contribution in [3.8, 4) is 5.00 Å². The van der Waals surface area contributed by atoms with Gasteiger partial charge in [0.25, 0.3) is 5.91 Å². The summed E-state index contributed by atoms with van der Waals surface area (Å²) in [7, 11) is -3.46. The molecule has 6 nitrogen and oxygen atoms in total. The van der Waals surface area contributed by atoms with Gasteiger partial charge in [0.05, 0.1) is 10.5 Å². The number of rotatable bonds is 5. The first-order valence-electron chi connectivity index (χ1n) is 10.3. The molecule has 3 aromatic rings. The summed E-state index contributed by atoms with van der Waals surface area (Å²) < 4.78 is 29.0. The van der Waals surface area contributed by atoms with E-state index >= 15 is 0 Å². The number of hydrogen-bond donors (Lipinski definition) is 1. The molecule has 0 atom stereocenters. The van der Waals surface area contributed by atoms with E-state index in [2.05, 4.69) is 5.32 Å². The number of nitrogens with zero attached hydrogens (tertiary/aromatic N) is 2. The van der Waals surface area contributed by atoms with Crippen molar-refractivity contribution in [2.45, 2.75) is 29.9 Å². The Labute approximate surface area is 190 Å². The van der Waals surface area contributed by atoms with Crippen molar-refractivity contribution in [1.29, 1.82) is 0 Å².